The molecule has 4 N–H and O–H groups in total. The summed E-state index contributed by atoms with van der Waals surface area (Å²) in [6.45, 7) is 5.72. The highest BCUT2D eigenvalue weighted by atomic mass is 32.1. The summed E-state index contributed by atoms with van der Waals surface area (Å²) in [4.78, 5) is 12.1. The molecule has 0 saturated heterocycles. The van der Waals surface area contributed by atoms with E-state index in [0.717, 1.165) is 38.8 Å². The second-order valence-corrected chi connectivity index (χ2v) is 5.62. The summed E-state index contributed by atoms with van der Waals surface area (Å²) in [5.41, 5.74) is 5.40. The van der Waals surface area contributed by atoms with E-state index in [2.05, 4.69) is 24.5 Å². The minimum Gasteiger partial charge on any atom is -0.388 e. The van der Waals surface area contributed by atoms with Crippen molar-refractivity contribution in [3.8, 4) is 0 Å². The van der Waals surface area contributed by atoms with Crippen molar-refractivity contribution in [1.82, 2.24) is 10.6 Å². The molecule has 1 amide bonds. The van der Waals surface area contributed by atoms with Crippen LogP contribution in [0.3, 0.4) is 0 Å². The lowest BCUT2D eigenvalue weighted by Gasteiger charge is -2.13. The van der Waals surface area contributed by atoms with Crippen molar-refractivity contribution in [2.24, 2.45) is 11.7 Å². The van der Waals surface area contributed by atoms with Crippen LogP contribution in [-0.4, -0.2) is 29.0 Å². The van der Waals surface area contributed by atoms with Crippen LogP contribution in [0.25, 0.3) is 0 Å². The molecule has 1 unspecified atom stereocenters. The maximum Gasteiger partial charge on any atom is 0.219 e. The molecule has 0 rings (SSSR count). The maximum atomic E-state index is 11.4. The molecule has 19 heavy (non-hydrogen) atoms. The van der Waals surface area contributed by atoms with Crippen molar-refractivity contribution >= 4 is 40.3 Å². The second-order valence-electron chi connectivity index (χ2n) is 4.78. The fourth-order valence-corrected chi connectivity index (χ4v) is 1.72. The molecule has 4 nitrogen and oxygen atoms in total. The zero-order valence-corrected chi connectivity index (χ0v) is 13.5. The Kier molecular flexibility index (Phi) is 10.7. The molecule has 0 aromatic heterocycles. The maximum absolute atomic E-state index is 11.4. The molecule has 0 radical (unpaired) electrons. The van der Waals surface area contributed by atoms with Gasteiger partial charge in [0.2, 0.25) is 5.91 Å². The minimum atomic E-state index is 0.155. The van der Waals surface area contributed by atoms with Crippen molar-refractivity contribution in [2.75, 3.05) is 13.1 Å². The van der Waals surface area contributed by atoms with Crippen LogP contribution in [0.15, 0.2) is 0 Å². The van der Waals surface area contributed by atoms with Crippen LogP contribution in [0.5, 0.6) is 0 Å². The number of nitrogens with two attached hydrogens (primary N) is 1. The van der Waals surface area contributed by atoms with Crippen LogP contribution < -0.4 is 16.4 Å². The van der Waals surface area contributed by atoms with Gasteiger partial charge < -0.3 is 16.4 Å². The third-order valence-corrected chi connectivity index (χ3v) is 3.49. The Labute approximate surface area is 126 Å². The zero-order chi connectivity index (χ0) is 14.7. The third kappa shape index (κ3) is 10.8. The first kappa shape index (κ1) is 18.2. The van der Waals surface area contributed by atoms with E-state index in [4.69, 9.17) is 30.2 Å². The van der Waals surface area contributed by atoms with Gasteiger partial charge in [0, 0.05) is 19.5 Å². The number of carbonyl (C=O) groups excluding carboxylic acids is 1. The number of nitrogens with one attached hydrogen (secondary N) is 2. The molecule has 0 saturated carbocycles. The Morgan fingerprint density at radius 3 is 2.53 bits per heavy atom. The number of unbranched alkanes of at least 4 members (excludes halogenated alkanes) is 1. The highest BCUT2D eigenvalue weighted by molar-refractivity contribution is 7.89. The lowest BCUT2D eigenvalue weighted by Crippen LogP contribution is -2.35. The molecule has 0 spiro atoms. The van der Waals surface area contributed by atoms with Crippen molar-refractivity contribution in [3.05, 3.63) is 0 Å². The Morgan fingerprint density at radius 2 is 1.95 bits per heavy atom. The van der Waals surface area contributed by atoms with Gasteiger partial charge in [-0.05, 0) is 25.2 Å². The van der Waals surface area contributed by atoms with Crippen LogP contribution in [0.2, 0.25) is 0 Å². The van der Waals surface area contributed by atoms with Crippen LogP contribution >= 0.6 is 24.4 Å². The van der Waals surface area contributed by atoms with Gasteiger partial charge in [-0.25, -0.2) is 0 Å². The number of amides is 1. The molecule has 6 heteroatoms. The number of hydrogen-bond donors (Lipinski definition) is 3. The van der Waals surface area contributed by atoms with Crippen molar-refractivity contribution in [1.29, 1.82) is 0 Å². The van der Waals surface area contributed by atoms with E-state index in [0.29, 0.717) is 17.3 Å². The highest BCUT2D eigenvalue weighted by Gasteiger charge is 2.05. The molecule has 0 bridgehead atoms. The molecule has 0 heterocycles. The highest BCUT2D eigenvalue weighted by Crippen LogP contribution is 2.03. The predicted molar refractivity (Wildman–Crippen MR) is 88.3 cm³/mol. The van der Waals surface area contributed by atoms with Crippen LogP contribution in [0.1, 0.15) is 46.0 Å². The summed E-state index contributed by atoms with van der Waals surface area (Å²) in [6, 6.07) is 0. The molecule has 110 valence electrons. The summed E-state index contributed by atoms with van der Waals surface area (Å²) in [5.74, 6) is 0.627. The molecular formula is C13H25N3OS2. The average molecular weight is 303 g/mol. The van der Waals surface area contributed by atoms with Gasteiger partial charge in [0.15, 0.2) is 0 Å². The van der Waals surface area contributed by atoms with Gasteiger partial charge in [0.05, 0.1) is 0 Å². The lowest BCUT2D eigenvalue weighted by molar-refractivity contribution is -0.121. The van der Waals surface area contributed by atoms with Gasteiger partial charge in [-0.2, -0.15) is 0 Å². The van der Waals surface area contributed by atoms with Gasteiger partial charge in [-0.3, -0.25) is 4.79 Å². The first-order valence-electron chi connectivity index (χ1n) is 6.81. The zero-order valence-electron chi connectivity index (χ0n) is 11.8. The van der Waals surface area contributed by atoms with E-state index >= 15 is 0 Å². The number of carbonyl (C=O) groups is 1. The SMILES string of the molecule is CCCCC(=O)NCCCC(C)CNC(=S)C(N)=S. The standard InChI is InChI=1S/C13H25N3OS2/c1-3-4-7-11(17)15-8-5-6-10(2)9-16-13(19)12(14)18/h10H,3-9H2,1-2H3,(H2,14,18)(H,15,17)(H,16,19). The largest absolute Gasteiger partial charge is 0.388 e. The van der Waals surface area contributed by atoms with Crippen molar-refractivity contribution in [2.45, 2.75) is 46.0 Å². The van der Waals surface area contributed by atoms with Gasteiger partial charge in [0.25, 0.3) is 0 Å². The molecule has 1 atom stereocenters. The Balaban J connectivity index is 3.53. The average Bonchev–Trinajstić information content (AvgIpc) is 2.38. The quantitative estimate of drug-likeness (QED) is 0.448. The van der Waals surface area contributed by atoms with Gasteiger partial charge in [-0.15, -0.1) is 0 Å². The normalized spacial score (nSPS) is 11.7. The topological polar surface area (TPSA) is 67.2 Å². The smallest absolute Gasteiger partial charge is 0.219 e. The monoisotopic (exact) mass is 303 g/mol. The van der Waals surface area contributed by atoms with Gasteiger partial charge in [-0.1, -0.05) is 44.7 Å². The van der Waals surface area contributed by atoms with Crippen LogP contribution in [-0.2, 0) is 4.79 Å². The van der Waals surface area contributed by atoms with Crippen molar-refractivity contribution in [3.63, 3.8) is 0 Å². The molecular weight excluding hydrogens is 278 g/mol. The summed E-state index contributed by atoms with van der Waals surface area (Å²) in [7, 11) is 0. The molecule has 0 aliphatic rings. The minimum absolute atomic E-state index is 0.155. The fraction of sp³-hybridized carbons (Fsp3) is 0.769. The lowest BCUT2D eigenvalue weighted by atomic mass is 10.1. The van der Waals surface area contributed by atoms with Gasteiger partial charge >= 0.3 is 0 Å². The molecule has 0 fully saturated rings. The van der Waals surface area contributed by atoms with Gasteiger partial charge in [0.1, 0.15) is 9.98 Å². The molecule has 0 aromatic carbocycles. The Morgan fingerprint density at radius 1 is 1.26 bits per heavy atom. The predicted octanol–water partition coefficient (Wildman–Crippen LogP) is 1.91. The molecule has 0 aliphatic carbocycles. The van der Waals surface area contributed by atoms with E-state index in [1.54, 1.807) is 0 Å². The molecule has 0 aliphatic heterocycles. The van der Waals surface area contributed by atoms with E-state index in [9.17, 15) is 4.79 Å². The number of thiocarbonyl (C=S) groups is 2. The number of rotatable bonds is 9. The Hall–Kier alpha value is -0.750. The first-order chi connectivity index (χ1) is 8.97. The summed E-state index contributed by atoms with van der Waals surface area (Å²) in [5, 5.41) is 5.97. The van der Waals surface area contributed by atoms with Crippen LogP contribution in [0.4, 0.5) is 0 Å². The second kappa shape index (κ2) is 11.1. The Bertz CT molecular complexity index is 308. The summed E-state index contributed by atoms with van der Waals surface area (Å²) >= 11 is 9.74. The van der Waals surface area contributed by atoms with E-state index in [1.807, 2.05) is 0 Å². The van der Waals surface area contributed by atoms with E-state index in [-0.39, 0.29) is 10.9 Å². The van der Waals surface area contributed by atoms with Crippen LogP contribution in [0, 0.1) is 5.92 Å². The third-order valence-electron chi connectivity index (χ3n) is 2.79. The van der Waals surface area contributed by atoms with Crippen molar-refractivity contribution < 1.29 is 4.79 Å². The number of hydrogen-bond acceptors (Lipinski definition) is 3. The fourth-order valence-electron chi connectivity index (χ4n) is 1.56. The summed E-state index contributed by atoms with van der Waals surface area (Å²) < 4.78 is 0. The molecule has 0 aromatic rings. The summed E-state index contributed by atoms with van der Waals surface area (Å²) in [6.07, 6.45) is 4.65. The first-order valence-corrected chi connectivity index (χ1v) is 7.63. The van der Waals surface area contributed by atoms with E-state index < -0.39 is 0 Å². The van der Waals surface area contributed by atoms with E-state index in [1.165, 1.54) is 0 Å².